The van der Waals surface area contributed by atoms with Gasteiger partial charge in [-0.1, -0.05) is 36.4 Å². The zero-order chi connectivity index (χ0) is 20.1. The number of fused-ring (bicyclic) bond motifs is 1. The summed E-state index contributed by atoms with van der Waals surface area (Å²) in [5.74, 6) is 1.78. The molecule has 0 aromatic heterocycles. The van der Waals surface area contributed by atoms with Gasteiger partial charge in [-0.3, -0.25) is 14.4 Å². The molecule has 1 aromatic rings. The van der Waals surface area contributed by atoms with Gasteiger partial charge in [-0.25, -0.2) is 0 Å². The maximum Gasteiger partial charge on any atom is 0.254 e. The molecule has 1 aliphatic heterocycles. The van der Waals surface area contributed by atoms with Gasteiger partial charge in [0.15, 0.2) is 0 Å². The molecular weight excluding hydrogens is 378 g/mol. The fraction of sp³-hybridized carbons (Fsp3) is 0.476. The number of nitrogens with zero attached hydrogens (tertiary/aromatic N) is 1. The molecule has 3 unspecified atom stereocenters. The average molecular weight is 402 g/mol. The van der Waals surface area contributed by atoms with Gasteiger partial charge in [0.05, 0.1) is 13.1 Å². The maximum absolute atomic E-state index is 13.2. The van der Waals surface area contributed by atoms with Gasteiger partial charge in [0.1, 0.15) is 6.04 Å². The first kappa shape index (κ1) is 20.2. The summed E-state index contributed by atoms with van der Waals surface area (Å²) in [5, 5.41) is 5.64. The van der Waals surface area contributed by atoms with Crippen LogP contribution in [-0.4, -0.2) is 47.8 Å². The van der Waals surface area contributed by atoms with Crippen molar-refractivity contribution in [2.45, 2.75) is 44.2 Å². The summed E-state index contributed by atoms with van der Waals surface area (Å²) in [6.07, 6.45) is 9.79. The molecule has 0 radical (unpaired) electrons. The van der Waals surface area contributed by atoms with Crippen LogP contribution in [0.25, 0.3) is 0 Å². The predicted molar refractivity (Wildman–Crippen MR) is 107 cm³/mol. The number of hydrogen-bond donors (Lipinski definition) is 2. The van der Waals surface area contributed by atoms with Crippen LogP contribution in [0.4, 0.5) is 0 Å². The van der Waals surface area contributed by atoms with E-state index >= 15 is 0 Å². The Morgan fingerprint density at radius 2 is 2.00 bits per heavy atom. The van der Waals surface area contributed by atoms with Crippen LogP contribution < -0.4 is 10.6 Å². The van der Waals surface area contributed by atoms with Crippen LogP contribution in [0.1, 0.15) is 42.5 Å². The third-order valence-electron chi connectivity index (χ3n) is 5.51. The number of nitrogens with one attached hydrogen (secondary N) is 2. The highest BCUT2D eigenvalue weighted by atomic mass is 35.5. The summed E-state index contributed by atoms with van der Waals surface area (Å²) in [6, 6.07) is 6.25. The number of halogens is 1. The molecule has 28 heavy (non-hydrogen) atoms. The molecule has 1 saturated heterocycles. The van der Waals surface area contributed by atoms with Crippen molar-refractivity contribution in [2.75, 3.05) is 13.1 Å². The number of carbonyl (C=O) groups is 3. The number of rotatable bonds is 5. The van der Waals surface area contributed by atoms with Crippen molar-refractivity contribution in [1.82, 2.24) is 15.5 Å². The Labute approximate surface area is 170 Å². The largest absolute Gasteiger partial charge is 0.345 e. The van der Waals surface area contributed by atoms with E-state index in [2.05, 4.69) is 16.6 Å². The molecule has 148 valence electrons. The second-order valence-corrected chi connectivity index (χ2v) is 7.72. The van der Waals surface area contributed by atoms with E-state index in [0.29, 0.717) is 22.9 Å². The summed E-state index contributed by atoms with van der Waals surface area (Å²) >= 11 is 6.05. The van der Waals surface area contributed by atoms with Crippen molar-refractivity contribution in [3.63, 3.8) is 0 Å². The molecule has 3 rings (SSSR count). The van der Waals surface area contributed by atoms with Crippen molar-refractivity contribution in [1.29, 1.82) is 0 Å². The summed E-state index contributed by atoms with van der Waals surface area (Å²) in [7, 11) is 0. The van der Waals surface area contributed by atoms with E-state index in [-0.39, 0.29) is 36.9 Å². The Kier molecular flexibility index (Phi) is 6.58. The van der Waals surface area contributed by atoms with Crippen molar-refractivity contribution < 1.29 is 14.4 Å². The van der Waals surface area contributed by atoms with Crippen molar-refractivity contribution in [3.05, 3.63) is 34.9 Å². The summed E-state index contributed by atoms with van der Waals surface area (Å²) in [4.78, 5) is 39.5. The smallest absolute Gasteiger partial charge is 0.254 e. The number of benzene rings is 1. The molecule has 0 bridgehead atoms. The van der Waals surface area contributed by atoms with Gasteiger partial charge >= 0.3 is 0 Å². The molecule has 6 nitrogen and oxygen atoms in total. The first-order valence-corrected chi connectivity index (χ1v) is 9.95. The highest BCUT2D eigenvalue weighted by molar-refractivity contribution is 6.31. The molecule has 1 aromatic carbocycles. The van der Waals surface area contributed by atoms with E-state index in [1.807, 2.05) is 0 Å². The number of hydrogen-bond acceptors (Lipinski definition) is 3. The lowest BCUT2D eigenvalue weighted by atomic mass is 9.84. The minimum absolute atomic E-state index is 0.0475. The highest BCUT2D eigenvalue weighted by Gasteiger charge is 2.47. The van der Waals surface area contributed by atoms with E-state index in [0.717, 1.165) is 25.7 Å². The number of likely N-dealkylation sites (tertiary alicyclic amines) is 1. The van der Waals surface area contributed by atoms with Gasteiger partial charge in [-0.05, 0) is 43.4 Å². The first-order chi connectivity index (χ1) is 13.5. The average Bonchev–Trinajstić information content (AvgIpc) is 3.09. The topological polar surface area (TPSA) is 78.5 Å². The second-order valence-electron chi connectivity index (χ2n) is 7.28. The Bertz CT molecular complexity index is 804. The summed E-state index contributed by atoms with van der Waals surface area (Å²) in [6.45, 7) is -0.0484. The van der Waals surface area contributed by atoms with E-state index in [1.54, 1.807) is 29.2 Å². The van der Waals surface area contributed by atoms with Crippen LogP contribution >= 0.6 is 11.6 Å². The van der Waals surface area contributed by atoms with E-state index in [9.17, 15) is 14.4 Å². The monoisotopic (exact) mass is 401 g/mol. The second kappa shape index (κ2) is 9.11. The lowest BCUT2D eigenvalue weighted by molar-refractivity contribution is -0.128. The molecule has 3 amide bonds. The molecule has 2 N–H and O–H groups in total. The van der Waals surface area contributed by atoms with Crippen LogP contribution in [0.5, 0.6) is 0 Å². The van der Waals surface area contributed by atoms with Gasteiger partial charge in [0.25, 0.3) is 5.91 Å². The zero-order valence-corrected chi connectivity index (χ0v) is 16.4. The fourth-order valence-corrected chi connectivity index (χ4v) is 4.44. The van der Waals surface area contributed by atoms with Crippen LogP contribution in [0, 0.1) is 18.3 Å². The van der Waals surface area contributed by atoms with Crippen molar-refractivity contribution in [2.24, 2.45) is 5.92 Å². The quantitative estimate of drug-likeness (QED) is 0.740. The summed E-state index contributed by atoms with van der Waals surface area (Å²) in [5.41, 5.74) is 0.475. The SMILES string of the molecule is C#CCNC(=O)CNC(=O)C1CC2CCCCC2N1C(=O)c1cccc(Cl)c1. The highest BCUT2D eigenvalue weighted by Crippen LogP contribution is 2.40. The van der Waals surface area contributed by atoms with Gasteiger partial charge in [0.2, 0.25) is 11.8 Å². The van der Waals surface area contributed by atoms with Crippen LogP contribution in [0.15, 0.2) is 24.3 Å². The van der Waals surface area contributed by atoms with E-state index in [1.165, 1.54) is 0 Å². The normalized spacial score (nSPS) is 23.4. The van der Waals surface area contributed by atoms with Crippen LogP contribution in [0.3, 0.4) is 0 Å². The van der Waals surface area contributed by atoms with Crippen LogP contribution in [-0.2, 0) is 9.59 Å². The maximum atomic E-state index is 13.2. The molecule has 2 aliphatic rings. The predicted octanol–water partition coefficient (Wildman–Crippen LogP) is 1.98. The Hall–Kier alpha value is -2.52. The fourth-order valence-electron chi connectivity index (χ4n) is 4.25. The molecule has 2 fully saturated rings. The molecule has 1 heterocycles. The minimum atomic E-state index is -0.583. The lowest BCUT2D eigenvalue weighted by Crippen LogP contribution is -2.51. The third-order valence-corrected chi connectivity index (χ3v) is 5.74. The number of amides is 3. The molecule has 3 atom stereocenters. The Balaban J connectivity index is 1.76. The number of terminal acetylenes is 1. The first-order valence-electron chi connectivity index (χ1n) is 9.57. The van der Waals surface area contributed by atoms with Crippen LogP contribution in [0.2, 0.25) is 5.02 Å². The van der Waals surface area contributed by atoms with Gasteiger partial charge in [0, 0.05) is 16.6 Å². The molecular formula is C21H24ClN3O3. The van der Waals surface area contributed by atoms with Crippen molar-refractivity contribution in [3.8, 4) is 12.3 Å². The minimum Gasteiger partial charge on any atom is -0.345 e. The Morgan fingerprint density at radius 3 is 2.75 bits per heavy atom. The van der Waals surface area contributed by atoms with Gasteiger partial charge < -0.3 is 15.5 Å². The molecule has 1 aliphatic carbocycles. The molecule has 7 heteroatoms. The standard InChI is InChI=1S/C21H24ClN3O3/c1-2-10-23-19(26)13-24-20(27)18-12-14-6-3-4-9-17(14)25(18)21(28)15-7-5-8-16(22)11-15/h1,5,7-8,11,14,17-18H,3-4,6,9-10,12-13H2,(H,23,26)(H,24,27). The third kappa shape index (κ3) is 4.48. The van der Waals surface area contributed by atoms with Crippen molar-refractivity contribution >= 4 is 29.3 Å². The Morgan fingerprint density at radius 1 is 1.21 bits per heavy atom. The lowest BCUT2D eigenvalue weighted by Gasteiger charge is -2.33. The van der Waals surface area contributed by atoms with Gasteiger partial charge in [-0.2, -0.15) is 0 Å². The van der Waals surface area contributed by atoms with E-state index in [4.69, 9.17) is 18.0 Å². The van der Waals surface area contributed by atoms with Gasteiger partial charge in [-0.15, -0.1) is 6.42 Å². The van der Waals surface area contributed by atoms with E-state index < -0.39 is 6.04 Å². The molecule has 1 saturated carbocycles. The molecule has 0 spiro atoms. The summed E-state index contributed by atoms with van der Waals surface area (Å²) < 4.78 is 0. The number of carbonyl (C=O) groups excluding carboxylic acids is 3. The zero-order valence-electron chi connectivity index (χ0n) is 15.6.